The van der Waals surface area contributed by atoms with E-state index in [9.17, 15) is 9.13 Å². The molecule has 124 valence electrons. The summed E-state index contributed by atoms with van der Waals surface area (Å²) in [6.07, 6.45) is 0.245. The molecule has 2 rings (SSSR count). The Labute approximate surface area is 130 Å². The largest absolute Gasteiger partial charge is 0.371 e. The van der Waals surface area contributed by atoms with Gasteiger partial charge in [0.15, 0.2) is 0 Å². The van der Waals surface area contributed by atoms with Crippen LogP contribution in [0.3, 0.4) is 0 Å². The van der Waals surface area contributed by atoms with Crippen LogP contribution in [0.5, 0.6) is 0 Å². The summed E-state index contributed by atoms with van der Waals surface area (Å²) in [7, 11) is -1.43. The lowest BCUT2D eigenvalue weighted by atomic mass is 10.0. The number of para-hydroxylation sites is 1. The van der Waals surface area contributed by atoms with Crippen molar-refractivity contribution >= 4 is 20.9 Å². The lowest BCUT2D eigenvalue weighted by molar-refractivity contribution is 0.253. The maximum atomic E-state index is 12.9. The van der Waals surface area contributed by atoms with E-state index in [1.165, 1.54) is 28.4 Å². The molecule has 0 saturated carbocycles. The van der Waals surface area contributed by atoms with Gasteiger partial charge in [0.1, 0.15) is 5.78 Å². The Morgan fingerprint density at radius 1 is 0.955 bits per heavy atom. The fourth-order valence-electron chi connectivity index (χ4n) is 2.66. The van der Waals surface area contributed by atoms with E-state index in [0.717, 1.165) is 5.56 Å². The second-order valence-electron chi connectivity index (χ2n) is 4.81. The minimum atomic E-state index is -3.39. The van der Waals surface area contributed by atoms with E-state index in [1.54, 1.807) is 0 Å². The molecule has 0 fully saturated rings. The van der Waals surface area contributed by atoms with Crippen LogP contribution in [0.25, 0.3) is 0 Å². The molecule has 0 radical (unpaired) electrons. The number of rotatable bonds is 6. The maximum absolute atomic E-state index is 12.9. The van der Waals surface area contributed by atoms with Crippen LogP contribution in [0, 0.1) is 0 Å². The van der Waals surface area contributed by atoms with Gasteiger partial charge >= 0.3 is 15.2 Å². The second kappa shape index (κ2) is 6.83. The average molecular weight is 349 g/mol. The summed E-state index contributed by atoms with van der Waals surface area (Å²) < 4.78 is 46.0. The average Bonchev–Trinajstić information content (AvgIpc) is 2.59. The summed E-state index contributed by atoms with van der Waals surface area (Å²) in [6, 6.07) is 7.34. The van der Waals surface area contributed by atoms with Crippen molar-refractivity contribution in [2.45, 2.75) is 17.9 Å². The van der Waals surface area contributed by atoms with Crippen LogP contribution < -0.4 is 5.32 Å². The van der Waals surface area contributed by atoms with Gasteiger partial charge in [0.25, 0.3) is 0 Å². The van der Waals surface area contributed by atoms with Crippen molar-refractivity contribution in [2.24, 2.45) is 0 Å². The van der Waals surface area contributed by atoms with Crippen molar-refractivity contribution < 1.29 is 27.2 Å². The number of nitrogens with one attached hydrogen (secondary N) is 1. The molecule has 0 aliphatic carbocycles. The summed E-state index contributed by atoms with van der Waals surface area (Å²) in [5.74, 6) is -0.638. The molecule has 0 saturated heterocycles. The van der Waals surface area contributed by atoms with Crippen LogP contribution in [0.15, 0.2) is 24.3 Å². The third-order valence-corrected chi connectivity index (χ3v) is 8.26. The third kappa shape index (κ3) is 3.02. The lowest BCUT2D eigenvalue weighted by Gasteiger charge is -2.37. The number of benzene rings is 1. The van der Waals surface area contributed by atoms with E-state index in [-0.39, 0.29) is 6.42 Å². The van der Waals surface area contributed by atoms with Crippen LogP contribution >= 0.6 is 15.2 Å². The first-order valence-corrected chi connectivity index (χ1v) is 9.94. The molecule has 7 nitrogen and oxygen atoms in total. The summed E-state index contributed by atoms with van der Waals surface area (Å²) in [6.45, 7) is 0. The summed E-state index contributed by atoms with van der Waals surface area (Å²) >= 11 is 0. The van der Waals surface area contributed by atoms with Gasteiger partial charge in [-0.1, -0.05) is 18.2 Å². The number of hydrogen-bond acceptors (Lipinski definition) is 7. The molecule has 22 heavy (non-hydrogen) atoms. The van der Waals surface area contributed by atoms with Crippen LogP contribution in [0.1, 0.15) is 17.6 Å². The molecule has 0 spiro atoms. The van der Waals surface area contributed by atoms with Gasteiger partial charge in [-0.05, 0) is 18.1 Å². The molecule has 1 aliphatic rings. The van der Waals surface area contributed by atoms with Crippen LogP contribution in [0.2, 0.25) is 0 Å². The fourth-order valence-corrected chi connectivity index (χ4v) is 5.94. The van der Waals surface area contributed by atoms with Crippen molar-refractivity contribution in [1.82, 2.24) is 0 Å². The fraction of sp³-hybridized carbons (Fsp3) is 0.538. The predicted octanol–water partition coefficient (Wildman–Crippen LogP) is 3.84. The van der Waals surface area contributed by atoms with Crippen molar-refractivity contribution in [2.75, 3.05) is 33.8 Å². The quantitative estimate of drug-likeness (QED) is 0.781. The molecule has 1 aromatic rings. The Hall–Kier alpha value is -0.680. The smallest absolute Gasteiger partial charge is 0.352 e. The highest BCUT2D eigenvalue weighted by molar-refractivity contribution is 7.55. The standard InChI is InChI=1S/C13H21NO6P2/c1-17-21(15,18-2)12-9-13(22(16,19-3)20-4)14-11-8-6-5-7-10(11)12/h5-8,12-14H,9H2,1-4H3. The van der Waals surface area contributed by atoms with Crippen molar-refractivity contribution in [3.63, 3.8) is 0 Å². The highest BCUT2D eigenvalue weighted by Crippen LogP contribution is 2.67. The van der Waals surface area contributed by atoms with Gasteiger partial charge in [0.05, 0.1) is 5.66 Å². The third-order valence-electron chi connectivity index (χ3n) is 3.87. The van der Waals surface area contributed by atoms with E-state index in [4.69, 9.17) is 18.1 Å². The molecule has 9 heteroatoms. The van der Waals surface area contributed by atoms with E-state index < -0.39 is 26.6 Å². The highest BCUT2D eigenvalue weighted by Gasteiger charge is 2.47. The number of fused-ring (bicyclic) bond motifs is 1. The first-order chi connectivity index (χ1) is 10.4. The summed E-state index contributed by atoms with van der Waals surface area (Å²) in [5.41, 5.74) is 0.959. The monoisotopic (exact) mass is 349 g/mol. The molecular weight excluding hydrogens is 328 g/mol. The molecule has 1 aromatic carbocycles. The Bertz CT molecular complexity index is 606. The topological polar surface area (TPSA) is 83.1 Å². The Morgan fingerprint density at radius 2 is 1.50 bits per heavy atom. The van der Waals surface area contributed by atoms with Gasteiger partial charge in [-0.15, -0.1) is 0 Å². The van der Waals surface area contributed by atoms with E-state index in [2.05, 4.69) is 5.32 Å². The van der Waals surface area contributed by atoms with Crippen molar-refractivity contribution in [3.05, 3.63) is 29.8 Å². The van der Waals surface area contributed by atoms with E-state index in [0.29, 0.717) is 5.69 Å². The van der Waals surface area contributed by atoms with Crippen LogP contribution in [0.4, 0.5) is 5.69 Å². The first-order valence-electron chi connectivity index (χ1n) is 6.72. The van der Waals surface area contributed by atoms with Gasteiger partial charge in [0.2, 0.25) is 0 Å². The SMILES string of the molecule is COP(=O)(OC)C1CC(P(=O)(OC)OC)c2ccccc2N1. The van der Waals surface area contributed by atoms with E-state index >= 15 is 0 Å². The molecule has 2 unspecified atom stereocenters. The van der Waals surface area contributed by atoms with Gasteiger partial charge in [-0.2, -0.15) is 0 Å². The Balaban J connectivity index is 2.50. The van der Waals surface area contributed by atoms with Gasteiger partial charge in [-0.3, -0.25) is 9.13 Å². The molecule has 0 bridgehead atoms. The van der Waals surface area contributed by atoms with Gasteiger partial charge in [0, 0.05) is 34.1 Å². The minimum absolute atomic E-state index is 0.245. The minimum Gasteiger partial charge on any atom is -0.371 e. The molecule has 1 N–H and O–H groups in total. The highest BCUT2D eigenvalue weighted by atomic mass is 31.2. The summed E-state index contributed by atoms with van der Waals surface area (Å²) in [5, 5.41) is 3.14. The first kappa shape index (κ1) is 17.7. The van der Waals surface area contributed by atoms with Gasteiger partial charge < -0.3 is 23.4 Å². The second-order valence-corrected chi connectivity index (χ2v) is 9.68. The van der Waals surface area contributed by atoms with E-state index in [1.807, 2.05) is 24.3 Å². The Kier molecular flexibility index (Phi) is 5.49. The Morgan fingerprint density at radius 3 is 2.05 bits per heavy atom. The van der Waals surface area contributed by atoms with Crippen molar-refractivity contribution in [3.8, 4) is 0 Å². The molecule has 1 aliphatic heterocycles. The maximum Gasteiger partial charge on any atom is 0.352 e. The predicted molar refractivity (Wildman–Crippen MR) is 84.5 cm³/mol. The van der Waals surface area contributed by atoms with Gasteiger partial charge in [-0.25, -0.2) is 0 Å². The zero-order chi connectivity index (χ0) is 16.4. The molecule has 2 atom stereocenters. The summed E-state index contributed by atoms with van der Waals surface area (Å²) in [4.78, 5) is 0. The number of anilines is 1. The zero-order valence-corrected chi connectivity index (χ0v) is 14.8. The molecule has 0 amide bonds. The van der Waals surface area contributed by atoms with Crippen molar-refractivity contribution in [1.29, 1.82) is 0 Å². The molecule has 0 aromatic heterocycles. The van der Waals surface area contributed by atoms with Crippen LogP contribution in [-0.2, 0) is 27.2 Å². The van der Waals surface area contributed by atoms with Crippen LogP contribution in [-0.4, -0.2) is 34.2 Å². The molecule has 1 heterocycles. The zero-order valence-electron chi connectivity index (χ0n) is 13.0. The number of hydrogen-bond donors (Lipinski definition) is 1. The molecular formula is C13H21NO6P2. The normalized spacial score (nSPS) is 22.0. The lowest BCUT2D eigenvalue weighted by Crippen LogP contribution is -2.29.